The highest BCUT2D eigenvalue weighted by Gasteiger charge is 2.48. The number of halogens is 3. The summed E-state index contributed by atoms with van der Waals surface area (Å²) in [6.07, 6.45) is -1.09. The van der Waals surface area contributed by atoms with Crippen molar-refractivity contribution in [3.8, 4) is 11.1 Å². The number of aliphatic hydroxyl groups is 1. The van der Waals surface area contributed by atoms with Crippen LogP contribution in [0.25, 0.3) is 11.1 Å². The molecule has 1 fully saturated rings. The predicted octanol–water partition coefficient (Wildman–Crippen LogP) is 5.71. The van der Waals surface area contributed by atoms with Crippen LogP contribution >= 0.6 is 0 Å². The molecule has 0 unspecified atom stereocenters. The van der Waals surface area contributed by atoms with Gasteiger partial charge in [-0.25, -0.2) is 9.97 Å². The monoisotopic (exact) mass is 500 g/mol. The number of nitrogens with one attached hydrogen (secondary N) is 1. The number of benzene rings is 1. The Labute approximate surface area is 206 Å². The largest absolute Gasteiger partial charge is 0.481 e. The summed E-state index contributed by atoms with van der Waals surface area (Å²) >= 11 is 0. The summed E-state index contributed by atoms with van der Waals surface area (Å²) in [5, 5.41) is 23.9. The quantitative estimate of drug-likeness (QED) is 0.412. The number of carboxylic acid groups (broad SMARTS) is 1. The van der Waals surface area contributed by atoms with Crippen molar-refractivity contribution >= 4 is 17.6 Å². The molecule has 190 valence electrons. The summed E-state index contributed by atoms with van der Waals surface area (Å²) in [5.41, 5.74) is 0.379. The number of carboxylic acids is 1. The zero-order valence-electron chi connectivity index (χ0n) is 20.1. The van der Waals surface area contributed by atoms with E-state index in [9.17, 15) is 28.2 Å². The van der Waals surface area contributed by atoms with Crippen molar-refractivity contribution in [1.82, 2.24) is 15.0 Å². The first-order valence-corrected chi connectivity index (χ1v) is 11.5. The number of carbonyl (C=O) groups is 1. The van der Waals surface area contributed by atoms with Crippen LogP contribution in [-0.2, 0) is 16.6 Å². The normalized spacial score (nSPS) is 21.7. The van der Waals surface area contributed by atoms with Crippen molar-refractivity contribution in [2.75, 3.05) is 5.32 Å². The molecule has 3 aromatic rings. The van der Waals surface area contributed by atoms with Crippen molar-refractivity contribution < 1.29 is 28.2 Å². The third kappa shape index (κ3) is 5.33. The molecule has 1 aliphatic carbocycles. The highest BCUT2D eigenvalue weighted by molar-refractivity contribution is 5.72. The fourth-order valence-electron chi connectivity index (χ4n) is 5.01. The number of pyridine rings is 1. The summed E-state index contributed by atoms with van der Waals surface area (Å²) < 4.78 is 39.0. The lowest BCUT2D eigenvalue weighted by Gasteiger charge is -2.44. The Morgan fingerprint density at radius 1 is 1.08 bits per heavy atom. The first-order valence-electron chi connectivity index (χ1n) is 11.5. The first-order chi connectivity index (χ1) is 16.8. The molecule has 36 heavy (non-hydrogen) atoms. The van der Waals surface area contributed by atoms with Gasteiger partial charge in [0.1, 0.15) is 11.3 Å². The van der Waals surface area contributed by atoms with Gasteiger partial charge in [0.2, 0.25) is 5.95 Å². The molecule has 0 amide bonds. The third-order valence-corrected chi connectivity index (χ3v) is 6.69. The van der Waals surface area contributed by atoms with Crippen LogP contribution in [0, 0.1) is 18.3 Å². The van der Waals surface area contributed by atoms with E-state index < -0.39 is 34.8 Å². The maximum absolute atomic E-state index is 13.0. The molecule has 1 saturated carbocycles. The molecule has 1 aliphatic rings. The van der Waals surface area contributed by atoms with E-state index in [-0.39, 0.29) is 18.8 Å². The molecule has 0 spiro atoms. The smallest absolute Gasteiger partial charge is 0.433 e. The summed E-state index contributed by atoms with van der Waals surface area (Å²) in [6, 6.07) is 9.79. The number of anilines is 2. The van der Waals surface area contributed by atoms with Gasteiger partial charge in [-0.05, 0) is 78.6 Å². The van der Waals surface area contributed by atoms with Gasteiger partial charge in [0, 0.05) is 18.1 Å². The van der Waals surface area contributed by atoms with Gasteiger partial charge < -0.3 is 15.5 Å². The maximum Gasteiger partial charge on any atom is 0.433 e. The molecule has 2 atom stereocenters. The van der Waals surface area contributed by atoms with E-state index in [4.69, 9.17) is 0 Å². The van der Waals surface area contributed by atoms with E-state index in [1.54, 1.807) is 30.5 Å². The molecule has 10 heteroatoms. The standard InChI is InChI=1S/C26H27F3N4O3/c1-15-10-17(12-18(11-15)32-23-31-9-6-20(33-23)26(27,28)29)16-5-8-30-21(13-16)25(36)7-4-19(22(34)35)24(2,3)14-25/h5-6,8-13,19,36H,4,7,14H2,1-3H3,(H,34,35)(H,31,32,33)/t19-,25-/m0/s1. The number of aryl methyl sites for hydroxylation is 1. The predicted molar refractivity (Wildman–Crippen MR) is 127 cm³/mol. The van der Waals surface area contributed by atoms with Crippen molar-refractivity contribution in [2.24, 2.45) is 11.3 Å². The number of aromatic nitrogens is 3. The van der Waals surface area contributed by atoms with Crippen LogP contribution < -0.4 is 5.32 Å². The number of hydrogen-bond donors (Lipinski definition) is 3. The Morgan fingerprint density at radius 3 is 2.47 bits per heavy atom. The summed E-state index contributed by atoms with van der Waals surface area (Å²) in [6.45, 7) is 5.54. The number of hydrogen-bond acceptors (Lipinski definition) is 6. The van der Waals surface area contributed by atoms with Gasteiger partial charge in [0.05, 0.1) is 11.6 Å². The molecule has 2 heterocycles. The molecule has 0 saturated heterocycles. The topological polar surface area (TPSA) is 108 Å². The lowest BCUT2D eigenvalue weighted by molar-refractivity contribution is -0.154. The minimum absolute atomic E-state index is 0.177. The average molecular weight is 501 g/mol. The van der Waals surface area contributed by atoms with Crippen LogP contribution in [0.4, 0.5) is 24.8 Å². The third-order valence-electron chi connectivity index (χ3n) is 6.69. The van der Waals surface area contributed by atoms with Gasteiger partial charge in [-0.15, -0.1) is 0 Å². The van der Waals surface area contributed by atoms with Crippen LogP contribution in [0.15, 0.2) is 48.8 Å². The highest BCUT2D eigenvalue weighted by Crippen LogP contribution is 2.49. The minimum Gasteiger partial charge on any atom is -0.481 e. The van der Waals surface area contributed by atoms with Gasteiger partial charge >= 0.3 is 12.1 Å². The maximum atomic E-state index is 13.0. The molecule has 0 radical (unpaired) electrons. The lowest BCUT2D eigenvalue weighted by atomic mass is 9.62. The van der Waals surface area contributed by atoms with Gasteiger partial charge in [0.15, 0.2) is 0 Å². The Morgan fingerprint density at radius 2 is 1.81 bits per heavy atom. The molecule has 3 N–H and O–H groups in total. The Bertz CT molecular complexity index is 1300. The number of aliphatic carboxylic acids is 1. The van der Waals surface area contributed by atoms with E-state index >= 15 is 0 Å². The van der Waals surface area contributed by atoms with Crippen LogP contribution in [0.1, 0.15) is 50.1 Å². The summed E-state index contributed by atoms with van der Waals surface area (Å²) in [4.78, 5) is 23.5. The molecule has 4 rings (SSSR count). The number of rotatable bonds is 5. The van der Waals surface area contributed by atoms with Crippen molar-refractivity contribution in [2.45, 2.75) is 51.8 Å². The minimum atomic E-state index is -4.58. The Hall–Kier alpha value is -3.53. The second-order valence-corrected chi connectivity index (χ2v) is 10.0. The van der Waals surface area contributed by atoms with Crippen LogP contribution in [0.5, 0.6) is 0 Å². The zero-order chi connectivity index (χ0) is 26.3. The fourth-order valence-corrected chi connectivity index (χ4v) is 5.01. The molecule has 1 aromatic carbocycles. The Kier molecular flexibility index (Phi) is 6.51. The second kappa shape index (κ2) is 9.16. The number of nitrogens with zero attached hydrogens (tertiary/aromatic N) is 3. The van der Waals surface area contributed by atoms with Gasteiger partial charge in [-0.2, -0.15) is 13.2 Å². The van der Waals surface area contributed by atoms with E-state index in [1.807, 2.05) is 26.8 Å². The molecule has 2 aromatic heterocycles. The average Bonchev–Trinajstić information content (AvgIpc) is 2.77. The molecular weight excluding hydrogens is 473 g/mol. The van der Waals surface area contributed by atoms with E-state index in [1.165, 1.54) is 0 Å². The van der Waals surface area contributed by atoms with Gasteiger partial charge in [0.25, 0.3) is 0 Å². The zero-order valence-corrected chi connectivity index (χ0v) is 20.1. The molecule has 0 aliphatic heterocycles. The van der Waals surface area contributed by atoms with Crippen LogP contribution in [-0.4, -0.2) is 31.1 Å². The summed E-state index contributed by atoms with van der Waals surface area (Å²) in [7, 11) is 0. The van der Waals surface area contributed by atoms with Gasteiger partial charge in [-0.1, -0.05) is 19.9 Å². The fraction of sp³-hybridized carbons (Fsp3) is 0.385. The van der Waals surface area contributed by atoms with E-state index in [0.717, 1.165) is 29.0 Å². The van der Waals surface area contributed by atoms with Crippen molar-refractivity contribution in [3.63, 3.8) is 0 Å². The van der Waals surface area contributed by atoms with Gasteiger partial charge in [-0.3, -0.25) is 9.78 Å². The SMILES string of the molecule is Cc1cc(Nc2nccc(C(F)(F)F)n2)cc(-c2ccnc([C@]3(O)CC[C@@H](C(=O)O)C(C)(C)C3)c2)c1. The van der Waals surface area contributed by atoms with Crippen molar-refractivity contribution in [1.29, 1.82) is 0 Å². The second-order valence-electron chi connectivity index (χ2n) is 10.0. The molecular formula is C26H27F3N4O3. The molecule has 7 nitrogen and oxygen atoms in total. The number of alkyl halides is 3. The highest BCUT2D eigenvalue weighted by atomic mass is 19.4. The van der Waals surface area contributed by atoms with E-state index in [2.05, 4.69) is 20.3 Å². The van der Waals surface area contributed by atoms with Crippen molar-refractivity contribution in [3.05, 3.63) is 65.7 Å². The lowest BCUT2D eigenvalue weighted by Crippen LogP contribution is -2.45. The van der Waals surface area contributed by atoms with E-state index in [0.29, 0.717) is 17.8 Å². The van der Waals surface area contributed by atoms with Crippen LogP contribution in [0.2, 0.25) is 0 Å². The van der Waals surface area contributed by atoms with Crippen LogP contribution in [0.3, 0.4) is 0 Å². The summed E-state index contributed by atoms with van der Waals surface area (Å²) in [5.74, 6) is -1.60. The Balaban J connectivity index is 1.63. The molecule has 0 bridgehead atoms. The first kappa shape index (κ1) is 25.6.